The van der Waals surface area contributed by atoms with E-state index >= 15 is 0 Å². The van der Waals surface area contributed by atoms with Crippen molar-refractivity contribution in [3.63, 3.8) is 0 Å². The van der Waals surface area contributed by atoms with Gasteiger partial charge in [0.25, 0.3) is 0 Å². The number of ether oxygens (including phenoxy) is 2. The second-order valence-corrected chi connectivity index (χ2v) is 3.65. The molecule has 17 heavy (non-hydrogen) atoms. The molecular formula is C13H19NO3. The van der Waals surface area contributed by atoms with Crippen LogP contribution in [0.5, 0.6) is 5.75 Å². The third-order valence-corrected chi connectivity index (χ3v) is 2.25. The van der Waals surface area contributed by atoms with E-state index in [0.29, 0.717) is 13.2 Å². The molecule has 0 amide bonds. The fourth-order valence-electron chi connectivity index (χ4n) is 1.36. The van der Waals surface area contributed by atoms with Gasteiger partial charge >= 0.3 is 5.97 Å². The molecule has 0 saturated heterocycles. The molecule has 0 aliphatic rings. The van der Waals surface area contributed by atoms with Gasteiger partial charge in [0.15, 0.2) is 0 Å². The predicted octanol–water partition coefficient (Wildman–Crippen LogP) is 2.04. The Balaban J connectivity index is 2.63. The van der Waals surface area contributed by atoms with Gasteiger partial charge in [-0.3, -0.25) is 0 Å². The lowest BCUT2D eigenvalue weighted by atomic mass is 10.1. The maximum absolute atomic E-state index is 11.4. The van der Waals surface area contributed by atoms with Crippen LogP contribution in [-0.2, 0) is 9.53 Å². The Morgan fingerprint density at radius 1 is 1.29 bits per heavy atom. The summed E-state index contributed by atoms with van der Waals surface area (Å²) in [6, 6.07) is 6.46. The molecule has 0 bridgehead atoms. The minimum atomic E-state index is -0.727. The van der Waals surface area contributed by atoms with Crippen molar-refractivity contribution in [2.75, 3.05) is 13.2 Å². The summed E-state index contributed by atoms with van der Waals surface area (Å²) in [4.78, 5) is 11.4. The van der Waals surface area contributed by atoms with Gasteiger partial charge in [0.1, 0.15) is 11.8 Å². The molecule has 0 radical (unpaired) electrons. The van der Waals surface area contributed by atoms with Crippen LogP contribution in [0.4, 0.5) is 0 Å². The normalized spacial score (nSPS) is 11.9. The van der Waals surface area contributed by atoms with Crippen molar-refractivity contribution in [1.82, 2.24) is 0 Å². The SMILES string of the molecule is CCCOc1ccc(C(N)C(=O)OCC)cc1. The largest absolute Gasteiger partial charge is 0.494 e. The molecule has 0 aliphatic heterocycles. The highest BCUT2D eigenvalue weighted by Crippen LogP contribution is 2.17. The summed E-state index contributed by atoms with van der Waals surface area (Å²) in [5.74, 6) is 0.376. The van der Waals surface area contributed by atoms with Gasteiger partial charge in [0.2, 0.25) is 0 Å². The van der Waals surface area contributed by atoms with Gasteiger partial charge in [-0.2, -0.15) is 0 Å². The van der Waals surface area contributed by atoms with Gasteiger partial charge in [-0.25, -0.2) is 4.79 Å². The van der Waals surface area contributed by atoms with Gasteiger partial charge in [0, 0.05) is 0 Å². The Labute approximate surface area is 102 Å². The van der Waals surface area contributed by atoms with E-state index in [9.17, 15) is 4.79 Å². The average Bonchev–Trinajstić information content (AvgIpc) is 2.36. The Morgan fingerprint density at radius 3 is 2.47 bits per heavy atom. The lowest BCUT2D eigenvalue weighted by Crippen LogP contribution is -2.23. The van der Waals surface area contributed by atoms with E-state index in [2.05, 4.69) is 0 Å². The summed E-state index contributed by atoms with van der Waals surface area (Å²) in [5.41, 5.74) is 6.49. The number of rotatable bonds is 6. The first kappa shape index (κ1) is 13.5. The van der Waals surface area contributed by atoms with Crippen LogP contribution in [-0.4, -0.2) is 19.2 Å². The van der Waals surface area contributed by atoms with Gasteiger partial charge in [-0.1, -0.05) is 19.1 Å². The minimum Gasteiger partial charge on any atom is -0.494 e. The highest BCUT2D eigenvalue weighted by Gasteiger charge is 2.16. The highest BCUT2D eigenvalue weighted by atomic mass is 16.5. The first-order valence-corrected chi connectivity index (χ1v) is 5.84. The fraction of sp³-hybridized carbons (Fsp3) is 0.462. The number of carbonyl (C=O) groups excluding carboxylic acids is 1. The summed E-state index contributed by atoms with van der Waals surface area (Å²) in [6.07, 6.45) is 0.962. The smallest absolute Gasteiger partial charge is 0.327 e. The molecule has 1 aromatic rings. The van der Waals surface area contributed by atoms with Gasteiger partial charge in [-0.05, 0) is 31.0 Å². The Morgan fingerprint density at radius 2 is 1.94 bits per heavy atom. The maximum atomic E-state index is 11.4. The van der Waals surface area contributed by atoms with E-state index in [4.69, 9.17) is 15.2 Å². The number of hydrogen-bond donors (Lipinski definition) is 1. The lowest BCUT2D eigenvalue weighted by molar-refractivity contribution is -0.144. The first-order chi connectivity index (χ1) is 8.19. The van der Waals surface area contributed by atoms with Crippen molar-refractivity contribution in [3.8, 4) is 5.75 Å². The Hall–Kier alpha value is -1.55. The van der Waals surface area contributed by atoms with E-state index in [-0.39, 0.29) is 0 Å². The molecule has 0 spiro atoms. The molecule has 1 unspecified atom stereocenters. The molecule has 4 nitrogen and oxygen atoms in total. The number of carbonyl (C=O) groups is 1. The third kappa shape index (κ3) is 4.07. The van der Waals surface area contributed by atoms with Crippen molar-refractivity contribution in [3.05, 3.63) is 29.8 Å². The molecule has 1 aromatic carbocycles. The van der Waals surface area contributed by atoms with Gasteiger partial charge in [-0.15, -0.1) is 0 Å². The predicted molar refractivity (Wildman–Crippen MR) is 65.8 cm³/mol. The first-order valence-electron chi connectivity index (χ1n) is 5.84. The molecule has 2 N–H and O–H groups in total. The molecule has 1 rings (SSSR count). The second kappa shape index (κ2) is 6.91. The number of esters is 1. The molecule has 94 valence electrons. The van der Waals surface area contributed by atoms with Crippen LogP contribution in [0, 0.1) is 0 Å². The van der Waals surface area contributed by atoms with Gasteiger partial charge in [0.05, 0.1) is 13.2 Å². The van der Waals surface area contributed by atoms with Crippen molar-refractivity contribution in [2.24, 2.45) is 5.73 Å². The van der Waals surface area contributed by atoms with Crippen LogP contribution in [0.2, 0.25) is 0 Å². The van der Waals surface area contributed by atoms with Crippen LogP contribution in [0.3, 0.4) is 0 Å². The topological polar surface area (TPSA) is 61.5 Å². The van der Waals surface area contributed by atoms with Crippen LogP contribution in [0.15, 0.2) is 24.3 Å². The summed E-state index contributed by atoms with van der Waals surface area (Å²) in [6.45, 7) is 4.82. The van der Waals surface area contributed by atoms with E-state index < -0.39 is 12.0 Å². The molecular weight excluding hydrogens is 218 g/mol. The van der Waals surface area contributed by atoms with E-state index in [1.165, 1.54) is 0 Å². The van der Waals surface area contributed by atoms with Gasteiger partial charge < -0.3 is 15.2 Å². The third-order valence-electron chi connectivity index (χ3n) is 2.25. The molecule has 0 saturated carbocycles. The van der Waals surface area contributed by atoms with Crippen molar-refractivity contribution in [1.29, 1.82) is 0 Å². The molecule has 0 aromatic heterocycles. The van der Waals surface area contributed by atoms with E-state index in [0.717, 1.165) is 17.7 Å². The van der Waals surface area contributed by atoms with Crippen molar-refractivity contribution in [2.45, 2.75) is 26.3 Å². The minimum absolute atomic E-state index is 0.338. The fourth-order valence-corrected chi connectivity index (χ4v) is 1.36. The number of hydrogen-bond acceptors (Lipinski definition) is 4. The molecule has 0 fully saturated rings. The van der Waals surface area contributed by atoms with E-state index in [1.807, 2.05) is 19.1 Å². The van der Waals surface area contributed by atoms with Crippen LogP contribution < -0.4 is 10.5 Å². The molecule has 4 heteroatoms. The summed E-state index contributed by atoms with van der Waals surface area (Å²) in [7, 11) is 0. The van der Waals surface area contributed by atoms with Crippen LogP contribution in [0.25, 0.3) is 0 Å². The maximum Gasteiger partial charge on any atom is 0.327 e. The Kier molecular flexibility index (Phi) is 5.49. The Bertz CT molecular complexity index is 348. The lowest BCUT2D eigenvalue weighted by Gasteiger charge is -2.11. The molecule has 0 heterocycles. The zero-order chi connectivity index (χ0) is 12.7. The van der Waals surface area contributed by atoms with Crippen molar-refractivity contribution >= 4 is 5.97 Å². The summed E-state index contributed by atoms with van der Waals surface area (Å²) in [5, 5.41) is 0. The van der Waals surface area contributed by atoms with Crippen LogP contribution in [0.1, 0.15) is 31.9 Å². The second-order valence-electron chi connectivity index (χ2n) is 3.65. The van der Waals surface area contributed by atoms with E-state index in [1.54, 1.807) is 19.1 Å². The molecule has 1 atom stereocenters. The quantitative estimate of drug-likeness (QED) is 0.769. The molecule has 0 aliphatic carbocycles. The average molecular weight is 237 g/mol. The summed E-state index contributed by atoms with van der Waals surface area (Å²) < 4.78 is 10.3. The van der Waals surface area contributed by atoms with Crippen LogP contribution >= 0.6 is 0 Å². The number of nitrogens with two attached hydrogens (primary N) is 1. The van der Waals surface area contributed by atoms with Crippen molar-refractivity contribution < 1.29 is 14.3 Å². The number of benzene rings is 1. The monoisotopic (exact) mass is 237 g/mol. The zero-order valence-electron chi connectivity index (χ0n) is 10.3. The summed E-state index contributed by atoms with van der Waals surface area (Å²) >= 11 is 0. The highest BCUT2D eigenvalue weighted by molar-refractivity contribution is 5.77. The standard InChI is InChI=1S/C13H19NO3/c1-3-9-17-11-7-5-10(6-8-11)12(14)13(15)16-4-2/h5-8,12H,3-4,9,14H2,1-2H3. The zero-order valence-corrected chi connectivity index (χ0v) is 10.3.